The standard InChI is InChI=1S/C31H38N2O7S2/c1-33(25-12-19-6-7-20(25)11-19)31(36)28(42-18-41)17-27-21(5-4-10-39-30(35)9-8-29(32)34)15-26(40-27)22-13-23(37-2)16-24(14-22)38-3/h13-20,25H,4-12H2,1-3H3,(H2,32,34)/b28-17-. The van der Waals surface area contributed by atoms with E-state index < -0.39 is 11.9 Å². The second-order valence-corrected chi connectivity index (χ2v) is 12.2. The van der Waals surface area contributed by atoms with Gasteiger partial charge in [-0.25, -0.2) is 0 Å². The van der Waals surface area contributed by atoms with Crippen molar-refractivity contribution >= 4 is 52.5 Å². The molecule has 2 aromatic rings. The minimum Gasteiger partial charge on any atom is -0.497 e. The van der Waals surface area contributed by atoms with Crippen LogP contribution in [-0.2, 0) is 25.5 Å². The van der Waals surface area contributed by atoms with E-state index in [1.54, 1.807) is 26.4 Å². The van der Waals surface area contributed by atoms with Gasteiger partial charge in [0.25, 0.3) is 5.91 Å². The average molecular weight is 615 g/mol. The number of esters is 1. The summed E-state index contributed by atoms with van der Waals surface area (Å²) in [6.07, 6.45) is 7.38. The highest BCUT2D eigenvalue weighted by Gasteiger charge is 2.43. The molecule has 2 saturated carbocycles. The maximum Gasteiger partial charge on any atom is 0.306 e. The molecular weight excluding hydrogens is 576 g/mol. The molecule has 42 heavy (non-hydrogen) atoms. The number of thiocarbonyl (C=S) groups is 1. The number of hydrogen-bond acceptors (Lipinski definition) is 9. The largest absolute Gasteiger partial charge is 0.497 e. The molecule has 3 unspecified atom stereocenters. The van der Waals surface area contributed by atoms with Gasteiger partial charge in [-0.05, 0) is 67.7 Å². The maximum atomic E-state index is 13.7. The lowest BCUT2D eigenvalue weighted by Crippen LogP contribution is -2.40. The van der Waals surface area contributed by atoms with E-state index in [2.05, 4.69) is 0 Å². The van der Waals surface area contributed by atoms with Gasteiger partial charge in [0.05, 0.1) is 32.2 Å². The first-order valence-corrected chi connectivity index (χ1v) is 15.5. The fourth-order valence-corrected chi connectivity index (χ4v) is 6.76. The molecule has 0 radical (unpaired) electrons. The van der Waals surface area contributed by atoms with E-state index in [9.17, 15) is 14.4 Å². The number of benzene rings is 1. The lowest BCUT2D eigenvalue weighted by Gasteiger charge is -2.31. The number of nitrogens with zero attached hydrogens (tertiary/aromatic N) is 1. The molecule has 3 atom stereocenters. The predicted molar refractivity (Wildman–Crippen MR) is 166 cm³/mol. The number of rotatable bonds is 15. The molecule has 2 bridgehead atoms. The van der Waals surface area contributed by atoms with Crippen LogP contribution < -0.4 is 15.2 Å². The van der Waals surface area contributed by atoms with Crippen molar-refractivity contribution in [1.82, 2.24) is 4.90 Å². The Morgan fingerprint density at radius 2 is 1.83 bits per heavy atom. The number of aryl methyl sites for hydroxylation is 1. The summed E-state index contributed by atoms with van der Waals surface area (Å²) in [6.45, 7) is 0.168. The Bertz CT molecular complexity index is 1320. The number of thioether (sulfide) groups is 1. The number of likely N-dealkylation sites (N-methyl/N-ethyl adjacent to an activating group) is 1. The molecule has 1 heterocycles. The molecule has 2 N–H and O–H groups in total. The first-order valence-electron chi connectivity index (χ1n) is 14.1. The van der Waals surface area contributed by atoms with Gasteiger partial charge in [0.15, 0.2) is 0 Å². The van der Waals surface area contributed by atoms with Crippen LogP contribution in [0.4, 0.5) is 0 Å². The van der Waals surface area contributed by atoms with E-state index in [0.29, 0.717) is 52.6 Å². The zero-order valence-electron chi connectivity index (χ0n) is 24.3. The fourth-order valence-electron chi connectivity index (χ4n) is 5.93. The highest BCUT2D eigenvalue weighted by Crippen LogP contribution is 2.47. The van der Waals surface area contributed by atoms with Gasteiger partial charge in [-0.3, -0.25) is 14.4 Å². The number of furan rings is 1. The Kier molecular flexibility index (Phi) is 11.1. The zero-order valence-corrected chi connectivity index (χ0v) is 25.9. The van der Waals surface area contributed by atoms with Crippen LogP contribution in [0.5, 0.6) is 11.5 Å². The molecule has 0 saturated heterocycles. The van der Waals surface area contributed by atoms with Crippen molar-refractivity contribution in [3.05, 3.63) is 40.5 Å². The third-order valence-corrected chi connectivity index (χ3v) is 9.00. The van der Waals surface area contributed by atoms with Crippen LogP contribution in [0, 0.1) is 11.8 Å². The number of fused-ring (bicyclic) bond motifs is 2. The Labute approximate surface area is 256 Å². The fraction of sp³-hybridized carbons (Fsp3) is 0.484. The highest BCUT2D eigenvalue weighted by atomic mass is 32.2. The van der Waals surface area contributed by atoms with Crippen molar-refractivity contribution in [1.29, 1.82) is 0 Å². The van der Waals surface area contributed by atoms with Crippen molar-refractivity contribution in [2.24, 2.45) is 17.6 Å². The smallest absolute Gasteiger partial charge is 0.306 e. The summed E-state index contributed by atoms with van der Waals surface area (Å²) in [5, 5.41) is 0. The summed E-state index contributed by atoms with van der Waals surface area (Å²) in [4.78, 5) is 38.9. The van der Waals surface area contributed by atoms with Crippen LogP contribution in [0.1, 0.15) is 56.3 Å². The van der Waals surface area contributed by atoms with Crippen LogP contribution in [0.15, 0.2) is 33.6 Å². The van der Waals surface area contributed by atoms with Crippen LogP contribution >= 0.6 is 24.0 Å². The van der Waals surface area contributed by atoms with E-state index in [-0.39, 0.29) is 31.4 Å². The van der Waals surface area contributed by atoms with Gasteiger partial charge in [0.1, 0.15) is 23.0 Å². The van der Waals surface area contributed by atoms with Gasteiger partial charge in [0.2, 0.25) is 5.91 Å². The first kappa shape index (κ1) is 31.6. The van der Waals surface area contributed by atoms with E-state index in [1.165, 1.54) is 35.7 Å². The molecule has 1 aromatic heterocycles. The molecule has 4 rings (SSSR count). The maximum absolute atomic E-state index is 13.7. The monoisotopic (exact) mass is 614 g/mol. The lowest BCUT2D eigenvalue weighted by atomic mass is 9.94. The molecule has 2 fully saturated rings. The van der Waals surface area contributed by atoms with Crippen LogP contribution in [0.25, 0.3) is 17.4 Å². The first-order chi connectivity index (χ1) is 20.2. The Balaban J connectivity index is 1.59. The molecule has 11 heteroatoms. The number of nitrogens with two attached hydrogens (primary N) is 1. The van der Waals surface area contributed by atoms with Crippen molar-refractivity contribution in [3.63, 3.8) is 0 Å². The third kappa shape index (κ3) is 7.95. The van der Waals surface area contributed by atoms with E-state index in [4.69, 9.17) is 36.6 Å². The van der Waals surface area contributed by atoms with Crippen LogP contribution in [-0.4, -0.2) is 61.3 Å². The van der Waals surface area contributed by atoms with Crippen molar-refractivity contribution < 1.29 is 33.0 Å². The topological polar surface area (TPSA) is 121 Å². The van der Waals surface area contributed by atoms with Gasteiger partial charge < -0.3 is 29.3 Å². The van der Waals surface area contributed by atoms with Gasteiger partial charge in [0, 0.05) is 41.9 Å². The highest BCUT2D eigenvalue weighted by molar-refractivity contribution is 8.24. The number of methoxy groups -OCH3 is 2. The molecule has 2 aliphatic carbocycles. The molecular formula is C31H38N2O7S2. The summed E-state index contributed by atoms with van der Waals surface area (Å²) in [7, 11) is 5.05. The van der Waals surface area contributed by atoms with Crippen LogP contribution in [0.3, 0.4) is 0 Å². The molecule has 2 aliphatic rings. The number of amides is 2. The quantitative estimate of drug-likeness (QED) is 0.122. The molecule has 1 aromatic carbocycles. The SMILES string of the molecule is COc1cc(OC)cc(-c2cc(CCCOC(=O)CCC(N)=O)c(/C=C(\SC=S)C(=O)N(C)C3CC4CCC3C4)o2)c1. The molecule has 0 aliphatic heterocycles. The second-order valence-electron chi connectivity index (χ2n) is 10.8. The number of carbonyl (C=O) groups excluding carboxylic acids is 3. The third-order valence-electron chi connectivity index (χ3n) is 8.07. The van der Waals surface area contributed by atoms with Crippen molar-refractivity contribution in [2.75, 3.05) is 27.9 Å². The molecule has 2 amide bonds. The van der Waals surface area contributed by atoms with Gasteiger partial charge in [-0.1, -0.05) is 30.4 Å². The number of carbonyl (C=O) groups is 3. The van der Waals surface area contributed by atoms with E-state index in [0.717, 1.165) is 17.5 Å². The minimum absolute atomic E-state index is 0.0477. The average Bonchev–Trinajstić information content (AvgIpc) is 3.73. The molecule has 226 valence electrons. The summed E-state index contributed by atoms with van der Waals surface area (Å²) >= 11 is 6.35. The van der Waals surface area contributed by atoms with Crippen molar-refractivity contribution in [3.8, 4) is 22.8 Å². The van der Waals surface area contributed by atoms with Crippen molar-refractivity contribution in [2.45, 2.75) is 57.4 Å². The van der Waals surface area contributed by atoms with Gasteiger partial charge in [-0.2, -0.15) is 0 Å². The summed E-state index contributed by atoms with van der Waals surface area (Å²) in [6, 6.07) is 7.63. The summed E-state index contributed by atoms with van der Waals surface area (Å²) < 4.78 is 24.0. The van der Waals surface area contributed by atoms with Crippen LogP contribution in [0.2, 0.25) is 0 Å². The molecule has 0 spiro atoms. The molecule has 9 nitrogen and oxygen atoms in total. The van der Waals surface area contributed by atoms with E-state index >= 15 is 0 Å². The van der Waals surface area contributed by atoms with Gasteiger partial charge in [-0.15, -0.1) is 0 Å². The normalized spacial score (nSPS) is 19.4. The van der Waals surface area contributed by atoms with Gasteiger partial charge >= 0.3 is 5.97 Å². The lowest BCUT2D eigenvalue weighted by molar-refractivity contribution is -0.144. The predicted octanol–water partition coefficient (Wildman–Crippen LogP) is 5.38. The zero-order chi connectivity index (χ0) is 30.2. The van der Waals surface area contributed by atoms with E-state index in [1.807, 2.05) is 30.1 Å². The Hall–Kier alpha value is -3.31. The number of hydrogen-bond donors (Lipinski definition) is 1. The minimum atomic E-state index is -0.547. The number of ether oxygens (including phenoxy) is 3. The summed E-state index contributed by atoms with van der Waals surface area (Å²) in [5.41, 5.74) is 6.71. The number of primary amides is 1. The summed E-state index contributed by atoms with van der Waals surface area (Å²) in [5.74, 6) is 2.51. The Morgan fingerprint density at radius 1 is 1.10 bits per heavy atom. The Morgan fingerprint density at radius 3 is 2.43 bits per heavy atom. The second kappa shape index (κ2) is 14.7.